The first-order chi connectivity index (χ1) is 37.1. The maximum atomic E-state index is 9.44. The molecule has 0 aliphatic carbocycles. The van der Waals surface area contributed by atoms with Crippen molar-refractivity contribution in [2.24, 2.45) is 0 Å². The molecule has 0 amide bonds. The zero-order valence-electron chi connectivity index (χ0n) is 46.1. The molecule has 6 heteroatoms. The van der Waals surface area contributed by atoms with Gasteiger partial charge < -0.3 is 19.1 Å². The number of hydrogen-bond acceptors (Lipinski definition) is 4. The minimum atomic E-state index is -0.279. The van der Waals surface area contributed by atoms with Gasteiger partial charge in [-0.2, -0.15) is 12.1 Å². The molecule has 75 heavy (non-hydrogen) atoms. The van der Waals surface area contributed by atoms with E-state index in [4.69, 9.17) is 9.72 Å². The molecule has 0 saturated carbocycles. The van der Waals surface area contributed by atoms with Gasteiger partial charge in [0, 0.05) is 79.4 Å². The predicted molar refractivity (Wildman–Crippen MR) is 308 cm³/mol. The average Bonchev–Trinajstić information content (AvgIpc) is 4.16. The number of pyridine rings is 1. The molecule has 11 aromatic rings. The molecule has 2 aromatic heterocycles. The van der Waals surface area contributed by atoms with E-state index in [1.165, 1.54) is 11.1 Å². The first-order valence-electron chi connectivity index (χ1n) is 26.8. The third-order valence-electron chi connectivity index (χ3n) is 14.2. The Morgan fingerprint density at radius 2 is 1.12 bits per heavy atom. The molecular formula is C69H57N4OPt-3. The fraction of sp³-hybridized carbons (Fsp3) is 0.130. The number of ether oxygens (including phenoxy) is 1. The largest absolute Gasteiger partial charge is 0.509 e. The van der Waals surface area contributed by atoms with Crippen LogP contribution in [0.15, 0.2) is 212 Å². The Labute approximate surface area is 460 Å². The second-order valence-electron chi connectivity index (χ2n) is 21.2. The number of para-hydroxylation sites is 4. The predicted octanol–water partition coefficient (Wildman–Crippen LogP) is 18.5. The fourth-order valence-electron chi connectivity index (χ4n) is 10.3. The quantitative estimate of drug-likeness (QED) is 0.135. The second kappa shape index (κ2) is 19.7. The first kappa shape index (κ1) is 45.6. The Morgan fingerprint density at radius 1 is 0.520 bits per heavy atom. The van der Waals surface area contributed by atoms with Gasteiger partial charge in [-0.15, -0.1) is 48.0 Å². The van der Waals surface area contributed by atoms with E-state index in [2.05, 4.69) is 210 Å². The number of nitrogens with zero attached hydrogens (tertiary/aromatic N) is 4. The van der Waals surface area contributed by atoms with Crippen LogP contribution in [0.2, 0.25) is 0 Å². The molecule has 0 fully saturated rings. The van der Waals surface area contributed by atoms with Gasteiger partial charge in [-0.25, -0.2) is 4.98 Å². The minimum absolute atomic E-state index is 0. The van der Waals surface area contributed by atoms with Gasteiger partial charge in [0.15, 0.2) is 0 Å². The van der Waals surface area contributed by atoms with Gasteiger partial charge in [-0.1, -0.05) is 193 Å². The van der Waals surface area contributed by atoms with E-state index in [0.717, 1.165) is 94.8 Å². The molecule has 1 aliphatic heterocycles. The fourth-order valence-corrected chi connectivity index (χ4v) is 10.3. The molecule has 9 aromatic carbocycles. The zero-order valence-corrected chi connectivity index (χ0v) is 45.3. The van der Waals surface area contributed by atoms with Crippen LogP contribution in [0.25, 0.3) is 72.1 Å². The van der Waals surface area contributed by atoms with Crippen molar-refractivity contribution in [1.82, 2.24) is 9.55 Å². The monoisotopic (exact) mass is 1160 g/mol. The molecule has 0 radical (unpaired) electrons. The van der Waals surface area contributed by atoms with Crippen molar-refractivity contribution in [2.75, 3.05) is 9.80 Å². The van der Waals surface area contributed by atoms with E-state index < -0.39 is 0 Å². The summed E-state index contributed by atoms with van der Waals surface area (Å²) in [5.74, 6) is 1.09. The SMILES string of the molecule is [2H]c1c(Oc2[c-]c3c(cc2)c2ccccc2n3-c2cc(C)c(-c3ccc(C(C)(C)C)cc3)cn2)[c-]c(N2[CH-]N(c3c(-c4ccc(C(C)(C)C)cc4)cccc3-c3cccc(-c4ccccc4)c3)c3ccccc32)c([2H])c1[2H].[Pt]. The summed E-state index contributed by atoms with van der Waals surface area (Å²) >= 11 is 0. The Bertz CT molecular complexity index is 4070. The summed E-state index contributed by atoms with van der Waals surface area (Å²) in [6.07, 6.45) is 1.94. The normalized spacial score (nSPS) is 13.1. The van der Waals surface area contributed by atoms with Crippen LogP contribution in [0.1, 0.15) is 62.3 Å². The number of aromatic nitrogens is 2. The summed E-state index contributed by atoms with van der Waals surface area (Å²) in [7, 11) is 0. The van der Waals surface area contributed by atoms with E-state index in [-0.39, 0.29) is 61.5 Å². The average molecular weight is 1160 g/mol. The summed E-state index contributed by atoms with van der Waals surface area (Å²) in [4.78, 5) is 9.14. The second-order valence-corrected chi connectivity index (χ2v) is 21.2. The van der Waals surface area contributed by atoms with E-state index in [9.17, 15) is 4.11 Å². The van der Waals surface area contributed by atoms with Crippen molar-refractivity contribution in [1.29, 1.82) is 0 Å². The van der Waals surface area contributed by atoms with E-state index in [1.54, 1.807) is 0 Å². The Balaban J connectivity index is 0.00000645. The molecule has 3 heterocycles. The van der Waals surface area contributed by atoms with Crippen LogP contribution in [-0.4, -0.2) is 9.55 Å². The van der Waals surface area contributed by atoms with Crippen LogP contribution in [0, 0.1) is 25.7 Å². The van der Waals surface area contributed by atoms with Gasteiger partial charge in [-0.05, 0) is 101 Å². The van der Waals surface area contributed by atoms with Crippen LogP contribution in [-0.2, 0) is 31.9 Å². The Morgan fingerprint density at radius 3 is 1.81 bits per heavy atom. The van der Waals surface area contributed by atoms with Crippen molar-refractivity contribution in [3.8, 4) is 61.8 Å². The third kappa shape index (κ3) is 9.36. The topological polar surface area (TPSA) is 33.5 Å². The maximum Gasteiger partial charge on any atom is 0.135 e. The number of anilines is 4. The summed E-state index contributed by atoms with van der Waals surface area (Å²) in [6, 6.07) is 71.6. The van der Waals surface area contributed by atoms with Crippen molar-refractivity contribution in [3.05, 3.63) is 248 Å². The van der Waals surface area contributed by atoms with Gasteiger partial charge in [-0.3, -0.25) is 0 Å². The van der Waals surface area contributed by atoms with Crippen LogP contribution < -0.4 is 14.5 Å². The van der Waals surface area contributed by atoms with Crippen LogP contribution in [0.5, 0.6) is 11.5 Å². The first-order valence-corrected chi connectivity index (χ1v) is 25.3. The van der Waals surface area contributed by atoms with E-state index >= 15 is 0 Å². The van der Waals surface area contributed by atoms with E-state index in [1.807, 2.05) is 66.3 Å². The summed E-state index contributed by atoms with van der Waals surface area (Å²) in [5.41, 5.74) is 16.8. The van der Waals surface area contributed by atoms with Crippen LogP contribution in [0.4, 0.5) is 22.7 Å². The van der Waals surface area contributed by atoms with Crippen LogP contribution >= 0.6 is 0 Å². The zero-order chi connectivity index (χ0) is 53.3. The van der Waals surface area contributed by atoms with Gasteiger partial charge in [0.05, 0.1) is 0 Å². The Hall–Kier alpha value is -7.98. The van der Waals surface area contributed by atoms with Crippen molar-refractivity contribution in [2.45, 2.75) is 59.3 Å². The van der Waals surface area contributed by atoms with Crippen molar-refractivity contribution < 1.29 is 29.9 Å². The summed E-state index contributed by atoms with van der Waals surface area (Å²) in [6.45, 7) is 17.4. The molecule has 1 aliphatic rings. The van der Waals surface area contributed by atoms with Gasteiger partial charge in [0.1, 0.15) is 5.82 Å². The molecular weight excluding hydrogens is 1100 g/mol. The molecule has 372 valence electrons. The summed E-state index contributed by atoms with van der Waals surface area (Å²) in [5, 5.41) is 2.00. The molecule has 12 rings (SSSR count). The van der Waals surface area contributed by atoms with Crippen LogP contribution in [0.3, 0.4) is 0 Å². The number of benzene rings is 9. The smallest absolute Gasteiger partial charge is 0.135 e. The standard InChI is InChI=1S/C69H57N4O.Pt/c1-46-40-66(70-44-61(46)49-32-36-53(37-33-49)69(5,6)7)73-62-27-12-11-24-59(62)60-39-38-56(43-65(60)73)74-55-23-16-22-54(42-55)71-45-72(64-29-14-13-28-63(64)71)67-57(48-30-34-52(35-31-48)68(2,3)4)25-17-26-58(67)51-21-15-20-50(41-51)47-18-9-8-10-19-47;/h8-41,44-45H,1-7H3;/q-3;/i16D,22D,23D;. The molecule has 5 nitrogen and oxygen atoms in total. The molecule has 0 N–H and O–H groups in total. The molecule has 0 saturated heterocycles. The van der Waals surface area contributed by atoms with E-state index in [0.29, 0.717) is 5.75 Å². The minimum Gasteiger partial charge on any atom is -0.509 e. The van der Waals surface area contributed by atoms with Gasteiger partial charge in [0.25, 0.3) is 0 Å². The van der Waals surface area contributed by atoms with Gasteiger partial charge in [0.2, 0.25) is 0 Å². The Kier molecular flexibility index (Phi) is 12.0. The number of hydrogen-bond donors (Lipinski definition) is 0. The molecule has 0 bridgehead atoms. The number of fused-ring (bicyclic) bond motifs is 4. The molecule has 0 atom stereocenters. The van der Waals surface area contributed by atoms with Gasteiger partial charge >= 0.3 is 0 Å². The molecule has 0 spiro atoms. The number of rotatable bonds is 9. The van der Waals surface area contributed by atoms with Crippen molar-refractivity contribution in [3.63, 3.8) is 0 Å². The summed E-state index contributed by atoms with van der Waals surface area (Å²) < 4.78 is 36.6. The number of aryl methyl sites for hydroxylation is 1. The maximum absolute atomic E-state index is 9.44. The van der Waals surface area contributed by atoms with Crippen molar-refractivity contribution >= 4 is 44.6 Å². The third-order valence-corrected chi connectivity index (χ3v) is 14.2. The molecule has 0 unspecified atom stereocenters.